The van der Waals surface area contributed by atoms with E-state index >= 15 is 0 Å². The molecule has 148 valence electrons. The predicted molar refractivity (Wildman–Crippen MR) is 110 cm³/mol. The molecule has 0 bridgehead atoms. The molecule has 1 saturated heterocycles. The quantitative estimate of drug-likeness (QED) is 0.818. The third-order valence-corrected chi connectivity index (χ3v) is 5.48. The summed E-state index contributed by atoms with van der Waals surface area (Å²) in [5.41, 5.74) is 11.1. The van der Waals surface area contributed by atoms with Crippen molar-refractivity contribution in [1.82, 2.24) is 15.3 Å². The van der Waals surface area contributed by atoms with Crippen molar-refractivity contribution in [2.45, 2.75) is 19.3 Å². The van der Waals surface area contributed by atoms with E-state index in [-0.39, 0.29) is 5.95 Å². The number of rotatable bonds is 2. The first-order chi connectivity index (χ1) is 13.6. The molecule has 0 saturated carbocycles. The molecule has 1 aliphatic carbocycles. The zero-order chi connectivity index (χ0) is 19.7. The van der Waals surface area contributed by atoms with E-state index in [0.29, 0.717) is 0 Å². The fourth-order valence-corrected chi connectivity index (χ4v) is 3.99. The van der Waals surface area contributed by atoms with E-state index in [1.807, 2.05) is 12.1 Å². The lowest BCUT2D eigenvalue weighted by molar-refractivity contribution is 0.180. The number of aryl methyl sites for hydroxylation is 1. The van der Waals surface area contributed by atoms with Crippen LogP contribution in [0.15, 0.2) is 18.2 Å². The molecule has 2 aromatic rings. The summed E-state index contributed by atoms with van der Waals surface area (Å²) in [5, 5.41) is 3.38. The summed E-state index contributed by atoms with van der Waals surface area (Å²) in [7, 11) is 3.08. The lowest BCUT2D eigenvalue weighted by Crippen LogP contribution is -2.44. The van der Waals surface area contributed by atoms with Crippen LogP contribution in [-0.4, -0.2) is 56.4 Å². The Morgan fingerprint density at radius 2 is 2.04 bits per heavy atom. The van der Waals surface area contributed by atoms with Crippen molar-refractivity contribution in [3.8, 4) is 11.3 Å². The van der Waals surface area contributed by atoms with E-state index < -0.39 is 6.09 Å². The highest BCUT2D eigenvalue weighted by Gasteiger charge is 2.25. The Bertz CT molecular complexity index is 895. The first-order valence-electron chi connectivity index (χ1n) is 9.65. The maximum Gasteiger partial charge on any atom is 0.413 e. The first kappa shape index (κ1) is 18.5. The Morgan fingerprint density at radius 3 is 2.79 bits per heavy atom. The largest absolute Gasteiger partial charge is 0.452 e. The summed E-state index contributed by atoms with van der Waals surface area (Å²) in [4.78, 5) is 25.0. The number of piperazine rings is 1. The molecule has 1 amide bonds. The Kier molecular flexibility index (Phi) is 5.04. The molecule has 1 aromatic heterocycles. The SMILES string of the molecule is COC(=O)N(C)c1ccc2c(c1)-c1nc(N)nc(N3CCNCC3)c1CCC2. The number of hydrogen-bond acceptors (Lipinski definition) is 7. The van der Waals surface area contributed by atoms with Crippen molar-refractivity contribution in [2.24, 2.45) is 0 Å². The zero-order valence-corrected chi connectivity index (χ0v) is 16.4. The number of nitrogens with zero attached hydrogens (tertiary/aromatic N) is 4. The van der Waals surface area contributed by atoms with Crippen LogP contribution in [0, 0.1) is 0 Å². The number of nitrogens with two attached hydrogens (primary N) is 1. The van der Waals surface area contributed by atoms with Crippen LogP contribution in [-0.2, 0) is 17.6 Å². The number of anilines is 3. The Hall–Kier alpha value is -2.87. The molecule has 8 heteroatoms. The average Bonchev–Trinajstić information content (AvgIpc) is 2.91. The Balaban J connectivity index is 1.83. The number of carbonyl (C=O) groups excluding carboxylic acids is 1. The van der Waals surface area contributed by atoms with Gasteiger partial charge in [0.1, 0.15) is 5.82 Å². The van der Waals surface area contributed by atoms with Crippen LogP contribution in [0.1, 0.15) is 17.5 Å². The summed E-state index contributed by atoms with van der Waals surface area (Å²) in [6.45, 7) is 3.68. The molecule has 0 unspecified atom stereocenters. The van der Waals surface area contributed by atoms with Crippen LogP contribution >= 0.6 is 0 Å². The second-order valence-electron chi connectivity index (χ2n) is 7.19. The van der Waals surface area contributed by atoms with E-state index in [4.69, 9.17) is 10.5 Å². The van der Waals surface area contributed by atoms with Crippen LogP contribution in [0.5, 0.6) is 0 Å². The second kappa shape index (κ2) is 7.63. The Morgan fingerprint density at radius 1 is 1.25 bits per heavy atom. The number of hydrogen-bond donors (Lipinski definition) is 2. The lowest BCUT2D eigenvalue weighted by atomic mass is 10.0. The van der Waals surface area contributed by atoms with Gasteiger partial charge in [-0.05, 0) is 37.0 Å². The van der Waals surface area contributed by atoms with Crippen LogP contribution < -0.4 is 20.9 Å². The van der Waals surface area contributed by atoms with Gasteiger partial charge in [0.05, 0.1) is 12.8 Å². The highest BCUT2D eigenvalue weighted by molar-refractivity contribution is 5.88. The minimum Gasteiger partial charge on any atom is -0.452 e. The van der Waals surface area contributed by atoms with Gasteiger partial charge in [-0.1, -0.05) is 6.07 Å². The molecule has 28 heavy (non-hydrogen) atoms. The number of nitrogens with one attached hydrogen (secondary N) is 1. The minimum absolute atomic E-state index is 0.284. The van der Waals surface area contributed by atoms with Crippen molar-refractivity contribution < 1.29 is 9.53 Å². The Labute approximate surface area is 164 Å². The molecular weight excluding hydrogens is 356 g/mol. The predicted octanol–water partition coefficient (Wildman–Crippen LogP) is 1.83. The van der Waals surface area contributed by atoms with Gasteiger partial charge in [-0.25, -0.2) is 9.78 Å². The van der Waals surface area contributed by atoms with Gasteiger partial charge >= 0.3 is 6.09 Å². The highest BCUT2D eigenvalue weighted by atomic mass is 16.5. The minimum atomic E-state index is -0.405. The number of benzene rings is 1. The molecule has 2 aliphatic rings. The number of nitrogen functional groups attached to an aromatic ring is 1. The van der Waals surface area contributed by atoms with Crippen LogP contribution in [0.3, 0.4) is 0 Å². The van der Waals surface area contributed by atoms with Crippen LogP contribution in [0.2, 0.25) is 0 Å². The van der Waals surface area contributed by atoms with E-state index in [2.05, 4.69) is 26.3 Å². The van der Waals surface area contributed by atoms with Gasteiger partial charge in [0.25, 0.3) is 0 Å². The molecule has 1 fully saturated rings. The summed E-state index contributed by atoms with van der Waals surface area (Å²) in [5.74, 6) is 1.23. The lowest BCUT2D eigenvalue weighted by Gasteiger charge is -2.30. The molecule has 1 aliphatic heterocycles. The van der Waals surface area contributed by atoms with Gasteiger partial charge in [0.15, 0.2) is 0 Å². The number of amides is 1. The van der Waals surface area contributed by atoms with Gasteiger partial charge in [-0.3, -0.25) is 4.90 Å². The van der Waals surface area contributed by atoms with E-state index in [0.717, 1.165) is 73.8 Å². The van der Waals surface area contributed by atoms with Crippen LogP contribution in [0.25, 0.3) is 11.3 Å². The van der Waals surface area contributed by atoms with Gasteiger partial charge in [-0.2, -0.15) is 4.98 Å². The first-order valence-corrected chi connectivity index (χ1v) is 9.65. The third kappa shape index (κ3) is 3.35. The van der Waals surface area contributed by atoms with Crippen molar-refractivity contribution in [3.05, 3.63) is 29.3 Å². The smallest absolute Gasteiger partial charge is 0.413 e. The van der Waals surface area contributed by atoms with Gasteiger partial charge in [0, 0.05) is 50.0 Å². The molecule has 1 aromatic carbocycles. The molecule has 0 spiro atoms. The maximum absolute atomic E-state index is 12.0. The topological polar surface area (TPSA) is 96.6 Å². The second-order valence-corrected chi connectivity index (χ2v) is 7.19. The van der Waals surface area contributed by atoms with Crippen molar-refractivity contribution in [3.63, 3.8) is 0 Å². The van der Waals surface area contributed by atoms with Gasteiger partial charge in [-0.15, -0.1) is 0 Å². The summed E-state index contributed by atoms with van der Waals surface area (Å²) in [6.07, 6.45) is 2.48. The van der Waals surface area contributed by atoms with E-state index in [1.54, 1.807) is 7.05 Å². The van der Waals surface area contributed by atoms with Crippen LogP contribution in [0.4, 0.5) is 22.2 Å². The molecule has 0 radical (unpaired) electrons. The van der Waals surface area contributed by atoms with Gasteiger partial charge < -0.3 is 20.7 Å². The molecule has 8 nitrogen and oxygen atoms in total. The summed E-state index contributed by atoms with van der Waals surface area (Å²) < 4.78 is 4.85. The monoisotopic (exact) mass is 382 g/mol. The number of ether oxygens (including phenoxy) is 1. The van der Waals surface area contributed by atoms with Gasteiger partial charge in [0.2, 0.25) is 5.95 Å². The van der Waals surface area contributed by atoms with Crippen molar-refractivity contribution >= 4 is 23.5 Å². The van der Waals surface area contributed by atoms with E-state index in [1.165, 1.54) is 17.6 Å². The van der Waals surface area contributed by atoms with Crippen molar-refractivity contribution in [2.75, 3.05) is 55.9 Å². The zero-order valence-electron chi connectivity index (χ0n) is 16.4. The molecular formula is C20H26N6O2. The number of methoxy groups -OCH3 is 1. The van der Waals surface area contributed by atoms with Crippen molar-refractivity contribution in [1.29, 1.82) is 0 Å². The molecule has 3 N–H and O–H groups in total. The summed E-state index contributed by atoms with van der Waals surface area (Å²) in [6, 6.07) is 6.02. The highest BCUT2D eigenvalue weighted by Crippen LogP contribution is 2.37. The summed E-state index contributed by atoms with van der Waals surface area (Å²) >= 11 is 0. The molecule has 0 atom stereocenters. The third-order valence-electron chi connectivity index (χ3n) is 5.48. The maximum atomic E-state index is 12.0. The fourth-order valence-electron chi connectivity index (χ4n) is 3.99. The average molecular weight is 382 g/mol. The number of aromatic nitrogens is 2. The van der Waals surface area contributed by atoms with E-state index in [9.17, 15) is 4.79 Å². The number of fused-ring (bicyclic) bond motifs is 3. The number of carbonyl (C=O) groups is 1. The molecule has 2 heterocycles. The fraction of sp³-hybridized carbons (Fsp3) is 0.450. The normalized spacial score (nSPS) is 16.0. The standard InChI is InChI=1S/C20H26N6O2/c1-25(20(27)28-2)14-7-6-13-4-3-5-15-17(16(13)12-14)23-19(21)24-18(15)26-10-8-22-9-11-26/h6-7,12,22H,3-5,8-11H2,1-2H3,(H2,21,23,24). The molecule has 4 rings (SSSR count).